The molecule has 174 valence electrons. The van der Waals surface area contributed by atoms with E-state index in [1.165, 1.54) is 16.8 Å². The largest absolute Gasteiger partial charge is 0.368 e. The maximum absolute atomic E-state index is 13.9. The summed E-state index contributed by atoms with van der Waals surface area (Å²) in [5.74, 6) is 0.00419. The van der Waals surface area contributed by atoms with E-state index in [4.69, 9.17) is 0 Å². The number of piperazine rings is 1. The molecule has 5 nitrogen and oxygen atoms in total. The quantitative estimate of drug-likeness (QED) is 0.581. The maximum Gasteiger partial charge on any atom is 0.255 e. The van der Waals surface area contributed by atoms with Crippen LogP contribution in [0, 0.1) is 13.8 Å². The van der Waals surface area contributed by atoms with Gasteiger partial charge in [0.2, 0.25) is 5.91 Å². The van der Waals surface area contributed by atoms with Crippen LogP contribution in [0.25, 0.3) is 0 Å². The van der Waals surface area contributed by atoms with E-state index >= 15 is 0 Å². The van der Waals surface area contributed by atoms with Gasteiger partial charge in [0.1, 0.15) is 6.04 Å². The van der Waals surface area contributed by atoms with Crippen molar-refractivity contribution < 1.29 is 9.59 Å². The molecule has 34 heavy (non-hydrogen) atoms. The molecule has 0 radical (unpaired) electrons. The Morgan fingerprint density at radius 3 is 2.29 bits per heavy atom. The molecule has 0 spiro atoms. The lowest BCUT2D eigenvalue weighted by Crippen LogP contribution is -2.55. The Bertz CT molecular complexity index is 1200. The summed E-state index contributed by atoms with van der Waals surface area (Å²) in [6.45, 7) is 7.69. The van der Waals surface area contributed by atoms with Crippen molar-refractivity contribution in [3.63, 3.8) is 0 Å². The van der Waals surface area contributed by atoms with E-state index in [1.807, 2.05) is 59.5 Å². The SMILES string of the molecule is Cc1cccc(N2CCN(C(=O)C(Cc3ccccc3)N3Cc4ccccc4C3=O)CC2)c1C. The normalized spacial score (nSPS) is 16.5. The van der Waals surface area contributed by atoms with Gasteiger partial charge < -0.3 is 14.7 Å². The van der Waals surface area contributed by atoms with E-state index < -0.39 is 6.04 Å². The molecular weight excluding hydrogens is 422 g/mol. The zero-order valence-corrected chi connectivity index (χ0v) is 19.9. The number of aryl methyl sites for hydroxylation is 1. The molecule has 5 heteroatoms. The van der Waals surface area contributed by atoms with Crippen LogP contribution in [0.5, 0.6) is 0 Å². The lowest BCUT2D eigenvalue weighted by molar-refractivity contribution is -0.136. The molecule has 5 rings (SSSR count). The smallest absolute Gasteiger partial charge is 0.255 e. The molecule has 1 fully saturated rings. The summed E-state index contributed by atoms with van der Waals surface area (Å²) in [4.78, 5) is 33.2. The van der Waals surface area contributed by atoms with Crippen LogP contribution >= 0.6 is 0 Å². The standard InChI is InChI=1S/C29H31N3O2/c1-21-9-8-14-26(22(21)2)30-15-17-31(18-16-30)29(34)27(19-23-10-4-3-5-11-23)32-20-24-12-6-7-13-25(24)28(32)33/h3-14,27H,15-20H2,1-2H3. The fraction of sp³-hybridized carbons (Fsp3) is 0.310. The zero-order chi connectivity index (χ0) is 23.7. The zero-order valence-electron chi connectivity index (χ0n) is 19.9. The summed E-state index contributed by atoms with van der Waals surface area (Å²) in [5.41, 5.74) is 6.61. The van der Waals surface area contributed by atoms with Gasteiger partial charge in [-0.2, -0.15) is 0 Å². The van der Waals surface area contributed by atoms with E-state index in [0.29, 0.717) is 31.6 Å². The Hall–Kier alpha value is -3.60. The van der Waals surface area contributed by atoms with Gasteiger partial charge in [0.05, 0.1) is 0 Å². The number of nitrogens with zero attached hydrogens (tertiary/aromatic N) is 3. The number of carbonyl (C=O) groups is 2. The van der Waals surface area contributed by atoms with Crippen LogP contribution in [0.1, 0.15) is 32.6 Å². The van der Waals surface area contributed by atoms with E-state index in [9.17, 15) is 9.59 Å². The first-order valence-electron chi connectivity index (χ1n) is 12.1. The Morgan fingerprint density at radius 1 is 0.853 bits per heavy atom. The van der Waals surface area contributed by atoms with Crippen molar-refractivity contribution in [1.29, 1.82) is 0 Å². The third-order valence-corrected chi connectivity index (χ3v) is 7.29. The Morgan fingerprint density at radius 2 is 1.56 bits per heavy atom. The number of carbonyl (C=O) groups excluding carboxylic acids is 2. The third kappa shape index (κ3) is 4.18. The molecular formula is C29H31N3O2. The molecule has 0 aliphatic carbocycles. The number of hydrogen-bond acceptors (Lipinski definition) is 3. The minimum absolute atomic E-state index is 0.0427. The molecule has 2 aliphatic rings. The second-order valence-corrected chi connectivity index (χ2v) is 9.33. The number of benzene rings is 3. The summed E-state index contributed by atoms with van der Waals surface area (Å²) < 4.78 is 0. The predicted molar refractivity (Wildman–Crippen MR) is 135 cm³/mol. The van der Waals surface area contributed by atoms with Crippen molar-refractivity contribution in [1.82, 2.24) is 9.80 Å². The van der Waals surface area contributed by atoms with Gasteiger partial charge in [-0.05, 0) is 48.2 Å². The third-order valence-electron chi connectivity index (χ3n) is 7.29. The number of fused-ring (bicyclic) bond motifs is 1. The summed E-state index contributed by atoms with van der Waals surface area (Å²) in [6.07, 6.45) is 0.524. The molecule has 1 saturated heterocycles. The van der Waals surface area contributed by atoms with Crippen molar-refractivity contribution in [2.24, 2.45) is 0 Å². The number of rotatable bonds is 5. The minimum Gasteiger partial charge on any atom is -0.368 e. The van der Waals surface area contributed by atoms with Crippen molar-refractivity contribution in [2.45, 2.75) is 32.9 Å². The summed E-state index contributed by atoms with van der Waals surface area (Å²) in [7, 11) is 0. The lowest BCUT2D eigenvalue weighted by atomic mass is 10.0. The lowest BCUT2D eigenvalue weighted by Gasteiger charge is -2.39. The van der Waals surface area contributed by atoms with E-state index in [0.717, 1.165) is 24.2 Å². The second-order valence-electron chi connectivity index (χ2n) is 9.33. The van der Waals surface area contributed by atoms with Gasteiger partial charge in [0, 0.05) is 50.4 Å². The first-order chi connectivity index (χ1) is 16.5. The average Bonchev–Trinajstić information content (AvgIpc) is 3.21. The average molecular weight is 454 g/mol. The van der Waals surface area contributed by atoms with Gasteiger partial charge in [0.25, 0.3) is 5.91 Å². The molecule has 0 aromatic heterocycles. The molecule has 3 aromatic carbocycles. The van der Waals surface area contributed by atoms with Crippen LogP contribution in [0.4, 0.5) is 5.69 Å². The molecule has 0 N–H and O–H groups in total. The highest BCUT2D eigenvalue weighted by atomic mass is 16.2. The van der Waals surface area contributed by atoms with Gasteiger partial charge in [-0.3, -0.25) is 9.59 Å². The molecule has 2 amide bonds. The predicted octanol–water partition coefficient (Wildman–Crippen LogP) is 4.22. The fourth-order valence-corrected chi connectivity index (χ4v) is 5.15. The minimum atomic E-state index is -0.505. The van der Waals surface area contributed by atoms with E-state index in [2.05, 4.69) is 36.9 Å². The molecule has 0 saturated carbocycles. The first-order valence-corrected chi connectivity index (χ1v) is 12.1. The number of hydrogen-bond donors (Lipinski definition) is 0. The Kier molecular flexibility index (Phi) is 6.10. The molecule has 1 unspecified atom stereocenters. The molecule has 2 aliphatic heterocycles. The highest BCUT2D eigenvalue weighted by Gasteiger charge is 2.38. The summed E-state index contributed by atoms with van der Waals surface area (Å²) in [6, 6.07) is 23.6. The number of amides is 2. The van der Waals surface area contributed by atoms with Crippen LogP contribution in [0.15, 0.2) is 72.8 Å². The van der Waals surface area contributed by atoms with Crippen LogP contribution in [-0.4, -0.2) is 53.8 Å². The van der Waals surface area contributed by atoms with Crippen LogP contribution in [-0.2, 0) is 17.8 Å². The van der Waals surface area contributed by atoms with Gasteiger partial charge in [-0.25, -0.2) is 0 Å². The molecule has 1 atom stereocenters. The summed E-state index contributed by atoms with van der Waals surface area (Å²) in [5, 5.41) is 0. The Labute approximate surface area is 201 Å². The van der Waals surface area contributed by atoms with Crippen LogP contribution < -0.4 is 4.90 Å². The maximum atomic E-state index is 13.9. The first kappa shape index (κ1) is 22.2. The van der Waals surface area contributed by atoms with Crippen LogP contribution in [0.3, 0.4) is 0 Å². The van der Waals surface area contributed by atoms with Crippen molar-refractivity contribution >= 4 is 17.5 Å². The summed E-state index contributed by atoms with van der Waals surface area (Å²) >= 11 is 0. The highest BCUT2D eigenvalue weighted by Crippen LogP contribution is 2.28. The Balaban J connectivity index is 1.35. The van der Waals surface area contributed by atoms with Gasteiger partial charge >= 0.3 is 0 Å². The molecule has 2 heterocycles. The van der Waals surface area contributed by atoms with E-state index in [-0.39, 0.29) is 11.8 Å². The second kappa shape index (κ2) is 9.34. The van der Waals surface area contributed by atoms with Crippen molar-refractivity contribution in [3.05, 3.63) is 101 Å². The van der Waals surface area contributed by atoms with Crippen molar-refractivity contribution in [3.8, 4) is 0 Å². The van der Waals surface area contributed by atoms with Crippen molar-refractivity contribution in [2.75, 3.05) is 31.1 Å². The van der Waals surface area contributed by atoms with Gasteiger partial charge in [0.15, 0.2) is 0 Å². The molecule has 3 aromatic rings. The van der Waals surface area contributed by atoms with Gasteiger partial charge in [-0.1, -0.05) is 60.7 Å². The van der Waals surface area contributed by atoms with Gasteiger partial charge in [-0.15, -0.1) is 0 Å². The fourth-order valence-electron chi connectivity index (χ4n) is 5.15. The van der Waals surface area contributed by atoms with E-state index in [1.54, 1.807) is 4.90 Å². The van der Waals surface area contributed by atoms with Crippen LogP contribution in [0.2, 0.25) is 0 Å². The number of anilines is 1. The molecule has 0 bridgehead atoms. The topological polar surface area (TPSA) is 43.9 Å². The highest BCUT2D eigenvalue weighted by molar-refractivity contribution is 6.01. The monoisotopic (exact) mass is 453 g/mol.